The third-order valence-electron chi connectivity index (χ3n) is 6.29. The van der Waals surface area contributed by atoms with E-state index < -0.39 is 17.6 Å². The van der Waals surface area contributed by atoms with Crippen LogP contribution in [0.1, 0.15) is 38.8 Å². The monoisotopic (exact) mass is 540 g/mol. The number of likely N-dealkylation sites (N-methyl/N-ethyl adjacent to an activating group) is 1. The maximum atomic E-state index is 14.2. The fourth-order valence-electron chi connectivity index (χ4n) is 4.43. The topological polar surface area (TPSA) is 49.3 Å². The molecule has 5 nitrogen and oxygen atoms in total. The third kappa shape index (κ3) is 5.63. The van der Waals surface area contributed by atoms with Crippen molar-refractivity contribution in [2.24, 2.45) is 0 Å². The number of carbonyl (C=O) groups excluding carboxylic acids is 1. The van der Waals surface area contributed by atoms with E-state index >= 15 is 0 Å². The lowest BCUT2D eigenvalue weighted by Crippen LogP contribution is -2.38. The molecule has 1 fully saturated rings. The number of hydrogen-bond donors (Lipinski definition) is 0. The van der Waals surface area contributed by atoms with E-state index in [0.29, 0.717) is 34.4 Å². The predicted molar refractivity (Wildman–Crippen MR) is 129 cm³/mol. The lowest BCUT2D eigenvalue weighted by molar-refractivity contribution is -0.140. The van der Waals surface area contributed by atoms with Crippen molar-refractivity contribution >= 4 is 29.1 Å². The Bertz CT molecular complexity index is 1270. The highest BCUT2D eigenvalue weighted by atomic mass is 35.5. The van der Waals surface area contributed by atoms with Crippen LogP contribution >= 0.6 is 23.2 Å². The molecule has 190 valence electrons. The molecule has 0 aliphatic carbocycles. The molecule has 36 heavy (non-hydrogen) atoms. The number of amides is 1. The second-order valence-corrected chi connectivity index (χ2v) is 9.64. The summed E-state index contributed by atoms with van der Waals surface area (Å²) in [6.45, 7) is 2.61. The molecule has 1 aromatic heterocycles. The highest BCUT2D eigenvalue weighted by Gasteiger charge is 2.39. The minimum atomic E-state index is -4.77. The molecule has 2 aromatic carbocycles. The van der Waals surface area contributed by atoms with Crippen LogP contribution in [-0.2, 0) is 12.7 Å². The Hall–Kier alpha value is -2.75. The zero-order valence-electron chi connectivity index (χ0n) is 19.4. The average Bonchev–Trinajstić information content (AvgIpc) is 3.26. The molecule has 1 aliphatic heterocycles. The maximum absolute atomic E-state index is 14.2. The molecule has 4 rings (SSSR count). The van der Waals surface area contributed by atoms with Crippen LogP contribution in [-0.4, -0.2) is 51.9 Å². The summed E-state index contributed by atoms with van der Waals surface area (Å²) in [5.41, 5.74) is 0.819. The fourth-order valence-corrected chi connectivity index (χ4v) is 4.73. The van der Waals surface area contributed by atoms with Gasteiger partial charge in [0.05, 0.1) is 27.5 Å². The molecule has 1 saturated heterocycles. The summed E-state index contributed by atoms with van der Waals surface area (Å²) in [6.07, 6.45) is -1.82. The number of hydrogen-bond acceptors (Lipinski definition) is 4. The first-order valence-corrected chi connectivity index (χ1v) is 11.8. The van der Waals surface area contributed by atoms with Crippen molar-refractivity contribution in [3.05, 3.63) is 92.7 Å². The van der Waals surface area contributed by atoms with Gasteiger partial charge in [-0.05, 0) is 49.4 Å². The first-order chi connectivity index (χ1) is 16.9. The Labute approximate surface area is 215 Å². The molecule has 0 saturated carbocycles. The van der Waals surface area contributed by atoms with Crippen LogP contribution in [0.4, 0.5) is 17.6 Å². The van der Waals surface area contributed by atoms with Crippen LogP contribution in [0, 0.1) is 12.7 Å². The van der Waals surface area contributed by atoms with E-state index in [1.807, 2.05) is 11.0 Å². The molecule has 2 unspecified atom stereocenters. The van der Waals surface area contributed by atoms with Gasteiger partial charge in [-0.15, -0.1) is 0 Å². The van der Waals surface area contributed by atoms with Crippen LogP contribution < -0.4 is 0 Å². The van der Waals surface area contributed by atoms with Crippen molar-refractivity contribution in [3.8, 4) is 0 Å². The van der Waals surface area contributed by atoms with E-state index in [-0.39, 0.29) is 30.1 Å². The normalized spacial score (nSPS) is 18.2. The molecule has 11 heteroatoms. The number of alkyl halides is 3. The summed E-state index contributed by atoms with van der Waals surface area (Å²) in [4.78, 5) is 25.0. The standard InChI is InChI=1S/C25H22Cl2F4N4O/c1-14-9-33-22(10-32-14)24(36)35-12-17(16-4-6-19(26)20(27)8-16)23(13-35)34(2)11-15-3-5-18(21(28)7-15)25(29,30)31/h3-10,17,23H,11-13H2,1-2H3. The molecule has 0 radical (unpaired) electrons. The van der Waals surface area contributed by atoms with E-state index in [0.717, 1.165) is 17.7 Å². The van der Waals surface area contributed by atoms with Crippen molar-refractivity contribution in [3.63, 3.8) is 0 Å². The van der Waals surface area contributed by atoms with E-state index in [1.54, 1.807) is 31.0 Å². The molecule has 1 amide bonds. The zero-order valence-corrected chi connectivity index (χ0v) is 20.9. The molecular weight excluding hydrogens is 519 g/mol. The largest absolute Gasteiger partial charge is 0.419 e. The van der Waals surface area contributed by atoms with E-state index in [9.17, 15) is 22.4 Å². The molecule has 3 aromatic rings. The zero-order chi connectivity index (χ0) is 26.2. The maximum Gasteiger partial charge on any atom is 0.419 e. The predicted octanol–water partition coefficient (Wildman–Crippen LogP) is 5.99. The molecule has 1 aliphatic rings. The Morgan fingerprint density at radius 3 is 2.44 bits per heavy atom. The van der Waals surface area contributed by atoms with Crippen molar-refractivity contribution < 1.29 is 22.4 Å². The Morgan fingerprint density at radius 2 is 1.83 bits per heavy atom. The van der Waals surface area contributed by atoms with E-state index in [4.69, 9.17) is 23.2 Å². The molecule has 0 N–H and O–H groups in total. The van der Waals surface area contributed by atoms with Gasteiger partial charge in [0.1, 0.15) is 11.5 Å². The average molecular weight is 541 g/mol. The summed E-state index contributed by atoms with van der Waals surface area (Å²) in [6, 6.07) is 7.91. The second kappa shape index (κ2) is 10.3. The lowest BCUT2D eigenvalue weighted by atomic mass is 9.93. The van der Waals surface area contributed by atoms with Gasteiger partial charge in [-0.25, -0.2) is 9.37 Å². The fraction of sp³-hybridized carbons (Fsp3) is 0.320. The quantitative estimate of drug-likeness (QED) is 0.373. The smallest absolute Gasteiger partial charge is 0.335 e. The van der Waals surface area contributed by atoms with Gasteiger partial charge in [0, 0.05) is 37.8 Å². The highest BCUT2D eigenvalue weighted by Crippen LogP contribution is 2.36. The second-order valence-electron chi connectivity index (χ2n) is 8.83. The number of rotatable bonds is 5. The van der Waals surface area contributed by atoms with Gasteiger partial charge in [-0.2, -0.15) is 13.2 Å². The molecule has 0 spiro atoms. The van der Waals surface area contributed by atoms with Crippen molar-refractivity contribution in [2.75, 3.05) is 20.1 Å². The Morgan fingerprint density at radius 1 is 1.08 bits per heavy atom. The van der Waals surface area contributed by atoms with E-state index in [2.05, 4.69) is 9.97 Å². The number of likely N-dealkylation sites (tertiary alicyclic amines) is 1. The summed E-state index contributed by atoms with van der Waals surface area (Å²) >= 11 is 12.3. The highest BCUT2D eigenvalue weighted by molar-refractivity contribution is 6.42. The molecular formula is C25H22Cl2F4N4O. The van der Waals surface area contributed by atoms with Crippen LogP contribution in [0.15, 0.2) is 48.8 Å². The van der Waals surface area contributed by atoms with Gasteiger partial charge >= 0.3 is 6.18 Å². The summed E-state index contributed by atoms with van der Waals surface area (Å²) in [7, 11) is 1.78. The summed E-state index contributed by atoms with van der Waals surface area (Å²) in [5, 5.41) is 0.765. The third-order valence-corrected chi connectivity index (χ3v) is 7.02. The van der Waals surface area contributed by atoms with Crippen LogP contribution in [0.25, 0.3) is 0 Å². The van der Waals surface area contributed by atoms with Crippen molar-refractivity contribution in [1.82, 2.24) is 19.8 Å². The van der Waals surface area contributed by atoms with Gasteiger partial charge in [0.2, 0.25) is 0 Å². The number of halogens is 6. The van der Waals surface area contributed by atoms with Crippen molar-refractivity contribution in [2.45, 2.75) is 31.6 Å². The van der Waals surface area contributed by atoms with Gasteiger partial charge in [-0.3, -0.25) is 14.7 Å². The van der Waals surface area contributed by atoms with Crippen LogP contribution in [0.2, 0.25) is 10.0 Å². The number of nitrogens with zero attached hydrogens (tertiary/aromatic N) is 4. The molecule has 2 heterocycles. The number of aryl methyl sites for hydroxylation is 1. The van der Waals surface area contributed by atoms with Gasteiger partial charge in [-0.1, -0.05) is 35.3 Å². The number of benzene rings is 2. The van der Waals surface area contributed by atoms with Crippen LogP contribution in [0.5, 0.6) is 0 Å². The first-order valence-electron chi connectivity index (χ1n) is 11.0. The van der Waals surface area contributed by atoms with Crippen LogP contribution in [0.3, 0.4) is 0 Å². The van der Waals surface area contributed by atoms with E-state index in [1.165, 1.54) is 18.5 Å². The molecule has 2 atom stereocenters. The summed E-state index contributed by atoms with van der Waals surface area (Å²) in [5.74, 6) is -1.80. The Balaban J connectivity index is 1.61. The SMILES string of the molecule is Cc1cnc(C(=O)N2CC(c3ccc(Cl)c(Cl)c3)C(N(C)Cc3ccc(C(F)(F)F)c(F)c3)C2)cn1. The van der Waals surface area contributed by atoms with Gasteiger partial charge < -0.3 is 4.90 Å². The van der Waals surface area contributed by atoms with Gasteiger partial charge in [0.25, 0.3) is 5.91 Å². The molecule has 0 bridgehead atoms. The minimum Gasteiger partial charge on any atom is -0.335 e. The summed E-state index contributed by atoms with van der Waals surface area (Å²) < 4.78 is 53.0. The first kappa shape index (κ1) is 26.3. The Kier molecular flexibility index (Phi) is 7.54. The van der Waals surface area contributed by atoms with Crippen molar-refractivity contribution in [1.29, 1.82) is 0 Å². The number of aromatic nitrogens is 2. The lowest BCUT2D eigenvalue weighted by Gasteiger charge is -2.29. The van der Waals surface area contributed by atoms with Gasteiger partial charge in [0.15, 0.2) is 0 Å². The number of carbonyl (C=O) groups is 1. The minimum absolute atomic E-state index is 0.171.